The number of ether oxygens (including phenoxy) is 3. The second kappa shape index (κ2) is 10.8. The predicted molar refractivity (Wildman–Crippen MR) is 161 cm³/mol. The van der Waals surface area contributed by atoms with Crippen LogP contribution in [0.15, 0.2) is 12.7 Å². The van der Waals surface area contributed by atoms with Crippen molar-refractivity contribution >= 4 is 5.97 Å². The number of carbonyl (C=O) groups excluding carboxylic acids is 1. The average molecular weight is 586 g/mol. The minimum absolute atomic E-state index is 0.0263. The first-order valence-corrected chi connectivity index (χ1v) is 17.5. The number of quaternary nitrogens is 1. The molecule has 0 aromatic rings. The van der Waals surface area contributed by atoms with Crippen LogP contribution in [-0.4, -0.2) is 96.5 Å². The summed E-state index contributed by atoms with van der Waals surface area (Å²) in [7, 11) is 0. The molecule has 42 heavy (non-hydrogen) atoms. The maximum absolute atomic E-state index is 12.3. The summed E-state index contributed by atoms with van der Waals surface area (Å²) >= 11 is 0. The highest BCUT2D eigenvalue weighted by Crippen LogP contribution is 2.67. The van der Waals surface area contributed by atoms with Crippen LogP contribution >= 0.6 is 0 Å². The minimum Gasteiger partial charge on any atom is -0.461 e. The van der Waals surface area contributed by atoms with Crippen LogP contribution in [0.1, 0.15) is 91.4 Å². The Hall–Kier alpha value is -0.990. The molecule has 0 radical (unpaired) electrons. The van der Waals surface area contributed by atoms with Gasteiger partial charge in [-0.05, 0) is 73.7 Å². The van der Waals surface area contributed by atoms with E-state index in [-0.39, 0.29) is 40.8 Å². The Kier molecular flexibility index (Phi) is 7.65. The average Bonchev–Trinajstić information content (AvgIpc) is 3.69. The molecular weight excluding hydrogens is 528 g/mol. The van der Waals surface area contributed by atoms with E-state index in [0.717, 1.165) is 56.2 Å². The van der Waals surface area contributed by atoms with Gasteiger partial charge in [-0.15, -0.1) is 0 Å². The van der Waals surface area contributed by atoms with Crippen LogP contribution in [0.5, 0.6) is 0 Å². The SMILES string of the molecule is C=CC[N+]1([C@H]2CC3C4CC[C@H]5C[C@H](OC(C)=O)[C@@H](N6CCC7(CC6)OCCO7)C[C@]5(C)C4CC[C@]3(C)[C@H]2O)CCCC1. The molecule has 0 aromatic carbocycles. The Labute approximate surface area is 253 Å². The molecule has 3 aliphatic heterocycles. The molecule has 7 heteroatoms. The lowest BCUT2D eigenvalue weighted by atomic mass is 9.44. The van der Waals surface area contributed by atoms with Crippen LogP contribution in [0.3, 0.4) is 0 Å². The van der Waals surface area contributed by atoms with E-state index in [2.05, 4.69) is 31.4 Å². The number of aliphatic hydroxyl groups excluding tert-OH is 1. The van der Waals surface area contributed by atoms with Gasteiger partial charge in [-0.2, -0.15) is 0 Å². The summed E-state index contributed by atoms with van der Waals surface area (Å²) in [6.07, 6.45) is 14.4. The van der Waals surface area contributed by atoms with Crippen molar-refractivity contribution in [2.75, 3.05) is 45.9 Å². The van der Waals surface area contributed by atoms with E-state index in [4.69, 9.17) is 14.2 Å². The first kappa shape index (κ1) is 29.7. The normalized spacial score (nSPS) is 47.9. The van der Waals surface area contributed by atoms with Gasteiger partial charge < -0.3 is 23.8 Å². The van der Waals surface area contributed by atoms with Crippen molar-refractivity contribution in [2.24, 2.45) is 34.5 Å². The van der Waals surface area contributed by atoms with E-state index in [1.54, 1.807) is 6.92 Å². The Bertz CT molecular complexity index is 1030. The third-order valence-corrected chi connectivity index (χ3v) is 14.4. The third kappa shape index (κ3) is 4.57. The van der Waals surface area contributed by atoms with Gasteiger partial charge >= 0.3 is 5.97 Å². The van der Waals surface area contributed by atoms with Crippen molar-refractivity contribution < 1.29 is 28.6 Å². The third-order valence-electron chi connectivity index (χ3n) is 14.4. The van der Waals surface area contributed by atoms with Crippen molar-refractivity contribution in [3.05, 3.63) is 12.7 Å². The highest BCUT2D eigenvalue weighted by atomic mass is 16.7. The maximum Gasteiger partial charge on any atom is 0.302 e. The molecule has 0 amide bonds. The summed E-state index contributed by atoms with van der Waals surface area (Å²) in [5.41, 5.74) is 0.270. The van der Waals surface area contributed by atoms with Gasteiger partial charge in [0.05, 0.1) is 32.8 Å². The largest absolute Gasteiger partial charge is 0.461 e. The fraction of sp³-hybridized carbons (Fsp3) is 0.914. The molecule has 1 N–H and O–H groups in total. The number of esters is 1. The van der Waals surface area contributed by atoms with Gasteiger partial charge in [-0.3, -0.25) is 9.69 Å². The molecule has 4 saturated carbocycles. The van der Waals surface area contributed by atoms with Gasteiger partial charge in [0.15, 0.2) is 5.79 Å². The Morgan fingerprint density at radius 3 is 2.40 bits per heavy atom. The van der Waals surface area contributed by atoms with Crippen molar-refractivity contribution in [3.63, 3.8) is 0 Å². The zero-order chi connectivity index (χ0) is 29.3. The zero-order valence-electron chi connectivity index (χ0n) is 26.6. The van der Waals surface area contributed by atoms with Crippen molar-refractivity contribution in [1.29, 1.82) is 0 Å². The summed E-state index contributed by atoms with van der Waals surface area (Å²) in [6.45, 7) is 17.5. The Balaban J connectivity index is 1.13. The number of nitrogens with zero attached hydrogens (tertiary/aromatic N) is 2. The van der Waals surface area contributed by atoms with E-state index in [0.29, 0.717) is 42.9 Å². The lowest BCUT2D eigenvalue weighted by Crippen LogP contribution is -2.62. The molecule has 0 bridgehead atoms. The number of hydrogen-bond acceptors (Lipinski definition) is 6. The van der Waals surface area contributed by atoms with E-state index < -0.39 is 0 Å². The fourth-order valence-electron chi connectivity index (χ4n) is 12.3. The fourth-order valence-corrected chi connectivity index (χ4v) is 12.3. The summed E-state index contributed by atoms with van der Waals surface area (Å²) < 4.78 is 19.3. The van der Waals surface area contributed by atoms with Crippen LogP contribution in [0.4, 0.5) is 0 Å². The van der Waals surface area contributed by atoms with Crippen LogP contribution < -0.4 is 0 Å². The molecule has 7 rings (SSSR count). The summed E-state index contributed by atoms with van der Waals surface area (Å²) in [5.74, 6) is 2.04. The molecule has 10 atom stereocenters. The lowest BCUT2D eigenvalue weighted by molar-refractivity contribution is -0.938. The first-order valence-electron chi connectivity index (χ1n) is 17.5. The maximum atomic E-state index is 12.3. The molecule has 7 fully saturated rings. The number of carbonyl (C=O) groups is 1. The van der Waals surface area contributed by atoms with Gasteiger partial charge in [0.25, 0.3) is 0 Å². The van der Waals surface area contributed by atoms with Crippen LogP contribution in [-0.2, 0) is 19.0 Å². The molecule has 7 aliphatic rings. The van der Waals surface area contributed by atoms with Gasteiger partial charge in [-0.1, -0.05) is 20.4 Å². The number of hydrogen-bond donors (Lipinski definition) is 1. The molecule has 3 unspecified atom stereocenters. The number of rotatable bonds is 5. The highest BCUT2D eigenvalue weighted by Gasteiger charge is 2.66. The number of aliphatic hydroxyl groups is 1. The quantitative estimate of drug-likeness (QED) is 0.281. The zero-order valence-corrected chi connectivity index (χ0v) is 26.6. The van der Waals surface area contributed by atoms with Gasteiger partial charge in [0.1, 0.15) is 18.2 Å². The standard InChI is InChI=1S/C35H57N2O5/c1-5-16-37(17-6-7-18-37)30-22-28-26-9-8-25-21-31(42-24(2)38)29(36-14-12-35(13-15-36)40-19-20-41-35)23-34(25,4)27(26)10-11-33(28,3)32(30)39/h5,25-32,39H,1,6-23H2,2-4H3/q+1/t25-,26?,27?,28?,29-,30-,31-,32-,33-,34-/m0/s1. The molecule has 3 saturated heterocycles. The monoisotopic (exact) mass is 585 g/mol. The second-order valence-electron chi connectivity index (χ2n) is 16.1. The van der Waals surface area contributed by atoms with Gasteiger partial charge in [0, 0.05) is 63.6 Å². The van der Waals surface area contributed by atoms with E-state index >= 15 is 0 Å². The first-order chi connectivity index (χ1) is 20.1. The lowest BCUT2D eigenvalue weighted by Gasteiger charge is -2.62. The minimum atomic E-state index is -0.390. The molecule has 1 spiro atoms. The highest BCUT2D eigenvalue weighted by molar-refractivity contribution is 5.66. The number of piperidine rings is 1. The van der Waals surface area contributed by atoms with Crippen molar-refractivity contribution in [3.8, 4) is 0 Å². The number of likely N-dealkylation sites (tertiary alicyclic amines) is 2. The smallest absolute Gasteiger partial charge is 0.302 e. The summed E-state index contributed by atoms with van der Waals surface area (Å²) in [5, 5.41) is 12.1. The van der Waals surface area contributed by atoms with Gasteiger partial charge in [-0.25, -0.2) is 0 Å². The second-order valence-corrected chi connectivity index (χ2v) is 16.1. The Morgan fingerprint density at radius 1 is 1.02 bits per heavy atom. The van der Waals surface area contributed by atoms with Crippen LogP contribution in [0.2, 0.25) is 0 Å². The number of fused-ring (bicyclic) bond motifs is 5. The molecule has 7 nitrogen and oxygen atoms in total. The van der Waals surface area contributed by atoms with E-state index in [1.165, 1.54) is 51.6 Å². The summed E-state index contributed by atoms with van der Waals surface area (Å²) in [6, 6.07) is 0.617. The summed E-state index contributed by atoms with van der Waals surface area (Å²) in [4.78, 5) is 14.9. The van der Waals surface area contributed by atoms with Crippen molar-refractivity contribution in [1.82, 2.24) is 4.90 Å². The molecular formula is C35H57N2O5+. The molecule has 236 valence electrons. The molecule has 4 aliphatic carbocycles. The molecule has 3 heterocycles. The van der Waals surface area contributed by atoms with Crippen LogP contribution in [0, 0.1) is 34.5 Å². The van der Waals surface area contributed by atoms with E-state index in [1.807, 2.05) is 0 Å². The molecule has 0 aromatic heterocycles. The predicted octanol–water partition coefficient (Wildman–Crippen LogP) is 4.91. The van der Waals surface area contributed by atoms with Gasteiger partial charge in [0.2, 0.25) is 0 Å². The van der Waals surface area contributed by atoms with Crippen molar-refractivity contribution in [2.45, 2.75) is 121 Å². The Morgan fingerprint density at radius 2 is 1.74 bits per heavy atom. The topological polar surface area (TPSA) is 68.2 Å². The van der Waals surface area contributed by atoms with Crippen LogP contribution in [0.25, 0.3) is 0 Å². The van der Waals surface area contributed by atoms with E-state index in [9.17, 15) is 9.90 Å².